The van der Waals surface area contributed by atoms with Gasteiger partial charge in [-0.05, 0) is 46.5 Å². The number of carbonyl (C=O) groups excluding carboxylic acids is 1. The first-order valence-corrected chi connectivity index (χ1v) is 10.0. The molecule has 0 saturated carbocycles. The fourth-order valence-electron chi connectivity index (χ4n) is 4.29. The van der Waals surface area contributed by atoms with Crippen LogP contribution in [0.5, 0.6) is 0 Å². The average Bonchev–Trinajstić information content (AvgIpc) is 3.06. The maximum Gasteiger partial charge on any atom is 0.340 e. The third-order valence-corrected chi connectivity index (χ3v) is 6.83. The highest BCUT2D eigenvalue weighted by molar-refractivity contribution is 9.10. The minimum Gasteiger partial charge on any atom is -0.458 e. The number of hydrogen-bond acceptors (Lipinski definition) is 5. The van der Waals surface area contributed by atoms with Crippen molar-refractivity contribution in [1.29, 1.82) is 0 Å². The largest absolute Gasteiger partial charge is 0.458 e. The highest BCUT2D eigenvalue weighted by atomic mass is 79.9. The van der Waals surface area contributed by atoms with E-state index in [2.05, 4.69) is 20.9 Å². The number of aryl methyl sites for hydroxylation is 1. The Labute approximate surface area is 173 Å². The predicted molar refractivity (Wildman–Crippen MR) is 107 cm³/mol. The van der Waals surface area contributed by atoms with Gasteiger partial charge in [-0.15, -0.1) is 0 Å². The van der Waals surface area contributed by atoms with E-state index in [1.165, 1.54) is 6.07 Å². The number of benzene rings is 1. The van der Waals surface area contributed by atoms with Gasteiger partial charge in [-0.2, -0.15) is 0 Å². The van der Waals surface area contributed by atoms with Gasteiger partial charge in [-0.25, -0.2) is 14.2 Å². The monoisotopic (exact) mass is 458 g/mol. The van der Waals surface area contributed by atoms with E-state index in [0.29, 0.717) is 39.9 Å². The van der Waals surface area contributed by atoms with Crippen molar-refractivity contribution in [3.63, 3.8) is 0 Å². The minimum absolute atomic E-state index is 0.160. The lowest BCUT2D eigenvalue weighted by molar-refractivity contribution is -0.157. The van der Waals surface area contributed by atoms with Crippen LogP contribution in [-0.2, 0) is 29.1 Å². The first kappa shape index (κ1) is 18.4. The zero-order chi connectivity index (χ0) is 20.6. The fraction of sp³-hybridized carbons (Fsp3) is 0.286. The zero-order valence-corrected chi connectivity index (χ0v) is 17.3. The van der Waals surface area contributed by atoms with Gasteiger partial charge in [0.25, 0.3) is 5.56 Å². The number of aliphatic hydroxyl groups is 1. The van der Waals surface area contributed by atoms with Crippen LogP contribution in [0.15, 0.2) is 21.4 Å². The number of esters is 1. The zero-order valence-electron chi connectivity index (χ0n) is 15.7. The molecular formula is C21H16BrFN2O4. The quantitative estimate of drug-likeness (QED) is 0.442. The summed E-state index contributed by atoms with van der Waals surface area (Å²) >= 11 is 3.51. The molecule has 8 heteroatoms. The molecule has 4 heterocycles. The first-order chi connectivity index (χ1) is 13.8. The van der Waals surface area contributed by atoms with E-state index in [-0.39, 0.29) is 29.1 Å². The van der Waals surface area contributed by atoms with E-state index in [9.17, 15) is 19.1 Å². The first-order valence-electron chi connectivity index (χ1n) is 9.25. The summed E-state index contributed by atoms with van der Waals surface area (Å²) in [6.45, 7) is 3.88. The van der Waals surface area contributed by atoms with Crippen LogP contribution in [0.3, 0.4) is 0 Å². The molecule has 0 saturated heterocycles. The summed E-state index contributed by atoms with van der Waals surface area (Å²) < 4.78 is 21.5. The summed E-state index contributed by atoms with van der Waals surface area (Å²) in [5.74, 6) is -1.14. The second kappa shape index (κ2) is 6.21. The lowest BCUT2D eigenvalue weighted by Crippen LogP contribution is -2.32. The molecule has 148 valence electrons. The molecule has 0 spiro atoms. The van der Waals surface area contributed by atoms with Crippen molar-refractivity contribution in [3.05, 3.63) is 60.6 Å². The van der Waals surface area contributed by atoms with Gasteiger partial charge in [0, 0.05) is 27.1 Å². The molecule has 0 amide bonds. The van der Waals surface area contributed by atoms with Crippen molar-refractivity contribution in [2.75, 3.05) is 0 Å². The van der Waals surface area contributed by atoms with Crippen LogP contribution in [0.4, 0.5) is 4.39 Å². The second-order valence-electron chi connectivity index (χ2n) is 7.33. The topological polar surface area (TPSA) is 81.4 Å². The molecule has 5 rings (SSSR count). The van der Waals surface area contributed by atoms with Crippen LogP contribution < -0.4 is 5.56 Å². The Morgan fingerprint density at radius 1 is 1.34 bits per heavy atom. The second-order valence-corrected chi connectivity index (χ2v) is 8.12. The molecule has 3 aromatic rings. The van der Waals surface area contributed by atoms with E-state index in [0.717, 1.165) is 16.5 Å². The molecule has 0 aliphatic carbocycles. The molecule has 2 aromatic heterocycles. The minimum atomic E-state index is -1.50. The number of nitrogens with zero attached hydrogens (tertiary/aromatic N) is 2. The Morgan fingerprint density at radius 3 is 2.83 bits per heavy atom. The van der Waals surface area contributed by atoms with Gasteiger partial charge in [-0.3, -0.25) is 4.79 Å². The van der Waals surface area contributed by atoms with Crippen LogP contribution in [0, 0.1) is 12.7 Å². The predicted octanol–water partition coefficient (Wildman–Crippen LogP) is 3.29. The number of carbonyl (C=O) groups is 1. The molecule has 2 aliphatic heterocycles. The molecule has 1 atom stereocenters. The van der Waals surface area contributed by atoms with E-state index < -0.39 is 12.1 Å². The molecule has 29 heavy (non-hydrogen) atoms. The Balaban J connectivity index is 1.86. The molecule has 0 fully saturated rings. The van der Waals surface area contributed by atoms with E-state index in [4.69, 9.17) is 4.74 Å². The number of rotatable bonds is 1. The third kappa shape index (κ3) is 2.39. The summed E-state index contributed by atoms with van der Waals surface area (Å²) in [6.07, 6.45) is -0.820. The number of cyclic esters (lactones) is 1. The van der Waals surface area contributed by atoms with Crippen molar-refractivity contribution >= 4 is 32.8 Å². The molecule has 0 bridgehead atoms. The summed E-state index contributed by atoms with van der Waals surface area (Å²) in [5.41, 5.74) is 4.21. The number of aliphatic hydroxyl groups excluding tert-OH is 1. The van der Waals surface area contributed by atoms with Gasteiger partial charge in [0.15, 0.2) is 6.10 Å². The van der Waals surface area contributed by atoms with Crippen LogP contribution >= 0.6 is 15.9 Å². The average molecular weight is 459 g/mol. The maximum absolute atomic E-state index is 14.4. The van der Waals surface area contributed by atoms with E-state index in [1.54, 1.807) is 17.6 Å². The molecule has 1 aromatic carbocycles. The molecular weight excluding hydrogens is 443 g/mol. The number of halogens is 2. The molecule has 2 aliphatic rings. The number of aromatic nitrogens is 2. The summed E-state index contributed by atoms with van der Waals surface area (Å²) in [7, 11) is 0. The van der Waals surface area contributed by atoms with Gasteiger partial charge in [0.1, 0.15) is 12.4 Å². The standard InChI is InChI=1S/C21H16BrFN2O4/c1-3-9-11-6-25-15(4-10-12(20(25)27)7-29-21(28)19(10)26)18(11)24-14-5-13(23)8(2)17(22)16(9)14/h4-5,19,26H,3,6-7H2,1-2H3/t19-/m0/s1. The fourth-order valence-corrected chi connectivity index (χ4v) is 4.92. The highest BCUT2D eigenvalue weighted by Crippen LogP contribution is 2.41. The SMILES string of the molecule is CCc1c2c(nc3cc(F)c(C)c(Br)c13)-c1cc3c(c(=O)n1C2)COC(=O)[C@H]3O. The lowest BCUT2D eigenvalue weighted by atomic mass is 9.96. The van der Waals surface area contributed by atoms with Gasteiger partial charge in [0.05, 0.1) is 29.0 Å². The van der Waals surface area contributed by atoms with E-state index >= 15 is 0 Å². The summed E-state index contributed by atoms with van der Waals surface area (Å²) in [6, 6.07) is 3.03. The smallest absolute Gasteiger partial charge is 0.340 e. The Morgan fingerprint density at radius 2 is 2.10 bits per heavy atom. The third-order valence-electron chi connectivity index (χ3n) is 5.83. The molecule has 6 nitrogen and oxygen atoms in total. The van der Waals surface area contributed by atoms with E-state index in [1.807, 2.05) is 6.92 Å². The van der Waals surface area contributed by atoms with Crippen molar-refractivity contribution in [1.82, 2.24) is 9.55 Å². The van der Waals surface area contributed by atoms with Gasteiger partial charge in [0.2, 0.25) is 0 Å². The number of fused-ring (bicyclic) bond motifs is 5. The normalized spacial score (nSPS) is 17.1. The van der Waals surface area contributed by atoms with Crippen LogP contribution in [-0.4, -0.2) is 20.6 Å². The number of pyridine rings is 2. The number of hydrogen-bond donors (Lipinski definition) is 1. The van der Waals surface area contributed by atoms with Crippen molar-refractivity contribution < 1.29 is 19.0 Å². The lowest BCUT2D eigenvalue weighted by Gasteiger charge is -2.21. The van der Waals surface area contributed by atoms with Crippen molar-refractivity contribution in [2.45, 2.75) is 39.5 Å². The van der Waals surface area contributed by atoms with Crippen molar-refractivity contribution in [2.24, 2.45) is 0 Å². The highest BCUT2D eigenvalue weighted by Gasteiger charge is 2.34. The summed E-state index contributed by atoms with van der Waals surface area (Å²) in [5, 5.41) is 11.1. The Bertz CT molecular complexity index is 1310. The maximum atomic E-state index is 14.4. The van der Waals surface area contributed by atoms with Crippen molar-refractivity contribution in [3.8, 4) is 11.4 Å². The van der Waals surface area contributed by atoms with Gasteiger partial charge >= 0.3 is 5.97 Å². The van der Waals surface area contributed by atoms with Crippen LogP contribution in [0.25, 0.3) is 22.3 Å². The molecule has 0 radical (unpaired) electrons. The van der Waals surface area contributed by atoms with Crippen LogP contribution in [0.1, 0.15) is 40.8 Å². The van der Waals surface area contributed by atoms with Gasteiger partial charge in [-0.1, -0.05) is 6.92 Å². The molecule has 0 unspecified atom stereocenters. The van der Waals surface area contributed by atoms with Gasteiger partial charge < -0.3 is 14.4 Å². The Kier molecular flexibility index (Phi) is 3.95. The molecule has 1 N–H and O–H groups in total. The summed E-state index contributed by atoms with van der Waals surface area (Å²) in [4.78, 5) is 29.5. The Hall–Kier alpha value is -2.58. The van der Waals surface area contributed by atoms with Crippen LogP contribution in [0.2, 0.25) is 0 Å². The number of ether oxygens (including phenoxy) is 1.